The van der Waals surface area contributed by atoms with Crippen LogP contribution in [0.1, 0.15) is 45.2 Å². The van der Waals surface area contributed by atoms with Crippen molar-refractivity contribution < 1.29 is 4.79 Å². The summed E-state index contributed by atoms with van der Waals surface area (Å²) in [6.45, 7) is 6.33. The lowest BCUT2D eigenvalue weighted by Crippen LogP contribution is -2.54. The molecular weight excluding hydrogens is 282 g/mol. The molecule has 0 radical (unpaired) electrons. The third-order valence-corrected chi connectivity index (χ3v) is 5.60. The van der Waals surface area contributed by atoms with Crippen LogP contribution in [-0.4, -0.2) is 38.7 Å². The number of Topliss-reactive ketones (excluding diaryl/α,β-unsaturated/α-hetero) is 1. The Kier molecular flexibility index (Phi) is 4.13. The molecule has 0 aliphatic carbocycles. The highest BCUT2D eigenvalue weighted by Crippen LogP contribution is 2.26. The second-order valence-electron chi connectivity index (χ2n) is 6.10. The molecule has 5 heteroatoms. The number of nitrogens with zero attached hydrogens (tertiary/aromatic N) is 3. The smallest absolute Gasteiger partial charge is 0.193 e. The molecule has 2 aromatic heterocycles. The summed E-state index contributed by atoms with van der Waals surface area (Å²) in [5.41, 5.74) is 0.556. The van der Waals surface area contributed by atoms with Crippen molar-refractivity contribution in [1.29, 1.82) is 0 Å². The minimum Gasteiger partial charge on any atom is -0.297 e. The van der Waals surface area contributed by atoms with Crippen molar-refractivity contribution >= 4 is 22.1 Å². The number of aromatic nitrogens is 2. The first-order valence-electron chi connectivity index (χ1n) is 7.83. The monoisotopic (exact) mass is 305 g/mol. The van der Waals surface area contributed by atoms with E-state index in [0.29, 0.717) is 12.2 Å². The number of carbonyl (C=O) groups excluding carboxylic acids is 1. The number of likely N-dealkylation sites (tertiary alicyclic amines) is 1. The van der Waals surface area contributed by atoms with Crippen molar-refractivity contribution in [3.8, 4) is 0 Å². The van der Waals surface area contributed by atoms with Crippen LogP contribution in [0.25, 0.3) is 4.96 Å². The van der Waals surface area contributed by atoms with Gasteiger partial charge in [0.2, 0.25) is 0 Å². The summed E-state index contributed by atoms with van der Waals surface area (Å²) in [6.07, 6.45) is 9.00. The lowest BCUT2D eigenvalue weighted by atomic mass is 9.87. The number of rotatable bonds is 5. The van der Waals surface area contributed by atoms with Crippen LogP contribution < -0.4 is 0 Å². The van der Waals surface area contributed by atoms with Crippen molar-refractivity contribution in [2.45, 2.75) is 51.5 Å². The van der Waals surface area contributed by atoms with E-state index in [2.05, 4.69) is 23.7 Å². The van der Waals surface area contributed by atoms with Crippen molar-refractivity contribution in [2.24, 2.45) is 0 Å². The molecule has 0 aromatic carbocycles. The van der Waals surface area contributed by atoms with Gasteiger partial charge in [0.1, 0.15) is 0 Å². The lowest BCUT2D eigenvalue weighted by Gasteiger charge is -2.41. The van der Waals surface area contributed by atoms with Crippen molar-refractivity contribution in [2.75, 3.05) is 13.1 Å². The highest BCUT2D eigenvalue weighted by atomic mass is 32.1. The first-order valence-corrected chi connectivity index (χ1v) is 8.71. The van der Waals surface area contributed by atoms with Crippen LogP contribution >= 0.6 is 11.3 Å². The van der Waals surface area contributed by atoms with Gasteiger partial charge in [0.05, 0.1) is 17.7 Å². The van der Waals surface area contributed by atoms with Crippen LogP contribution in [0.4, 0.5) is 0 Å². The second-order valence-corrected chi connectivity index (χ2v) is 6.97. The Morgan fingerprint density at radius 1 is 1.38 bits per heavy atom. The number of hydrogen-bond acceptors (Lipinski definition) is 4. The fraction of sp³-hybridized carbons (Fsp3) is 0.625. The molecule has 114 valence electrons. The Bertz CT molecular complexity index is 598. The molecule has 0 saturated carbocycles. The number of ketones is 1. The molecule has 0 N–H and O–H groups in total. The molecule has 1 aliphatic rings. The fourth-order valence-corrected chi connectivity index (χ4v) is 3.92. The van der Waals surface area contributed by atoms with Gasteiger partial charge in [-0.15, -0.1) is 11.3 Å². The summed E-state index contributed by atoms with van der Waals surface area (Å²) in [5.74, 6) is 0.303. The van der Waals surface area contributed by atoms with Gasteiger partial charge in [-0.2, -0.15) is 0 Å². The van der Waals surface area contributed by atoms with E-state index in [1.165, 1.54) is 19.3 Å². The minimum absolute atomic E-state index is 0.303. The van der Waals surface area contributed by atoms with Crippen molar-refractivity contribution in [3.63, 3.8) is 0 Å². The van der Waals surface area contributed by atoms with Crippen LogP contribution in [0.15, 0.2) is 17.8 Å². The number of carbonyl (C=O) groups is 1. The molecule has 0 amide bonds. The van der Waals surface area contributed by atoms with Crippen molar-refractivity contribution in [3.05, 3.63) is 23.5 Å². The summed E-state index contributed by atoms with van der Waals surface area (Å²) < 4.78 is 2.00. The first-order chi connectivity index (χ1) is 10.1. The number of piperidine rings is 1. The molecule has 2 aromatic rings. The lowest BCUT2D eigenvalue weighted by molar-refractivity contribution is -0.130. The maximum Gasteiger partial charge on any atom is 0.193 e. The average Bonchev–Trinajstić information content (AvgIpc) is 3.08. The van der Waals surface area contributed by atoms with E-state index in [1.54, 1.807) is 11.3 Å². The van der Waals surface area contributed by atoms with Crippen LogP contribution in [0.2, 0.25) is 0 Å². The maximum absolute atomic E-state index is 12.9. The second kappa shape index (κ2) is 5.89. The van der Waals surface area contributed by atoms with E-state index in [-0.39, 0.29) is 5.54 Å². The predicted molar refractivity (Wildman–Crippen MR) is 85.9 cm³/mol. The average molecular weight is 305 g/mol. The van der Waals surface area contributed by atoms with Crippen molar-refractivity contribution in [1.82, 2.24) is 14.3 Å². The normalized spacial score (nSPS) is 19.7. The van der Waals surface area contributed by atoms with Gasteiger partial charge in [0.15, 0.2) is 10.7 Å². The third kappa shape index (κ3) is 2.77. The molecule has 3 heterocycles. The Morgan fingerprint density at radius 3 is 2.81 bits per heavy atom. The molecule has 1 aliphatic heterocycles. The van der Waals surface area contributed by atoms with Crippen LogP contribution in [-0.2, 0) is 11.2 Å². The van der Waals surface area contributed by atoms with Gasteiger partial charge in [-0.05, 0) is 39.3 Å². The Labute approximate surface area is 129 Å². The molecule has 1 atom stereocenters. The Balaban J connectivity index is 1.76. The maximum atomic E-state index is 12.9. The highest BCUT2D eigenvalue weighted by Gasteiger charge is 2.37. The summed E-state index contributed by atoms with van der Waals surface area (Å²) in [4.78, 5) is 20.8. The van der Waals surface area contributed by atoms with Gasteiger partial charge in [-0.25, -0.2) is 4.98 Å². The topological polar surface area (TPSA) is 37.6 Å². The summed E-state index contributed by atoms with van der Waals surface area (Å²) in [6, 6.07) is 0. The van der Waals surface area contributed by atoms with Gasteiger partial charge >= 0.3 is 0 Å². The van der Waals surface area contributed by atoms with E-state index < -0.39 is 0 Å². The Morgan fingerprint density at radius 2 is 2.14 bits per heavy atom. The van der Waals surface area contributed by atoms with Gasteiger partial charge in [-0.3, -0.25) is 14.1 Å². The standard InChI is InChI=1S/C16H23N3OS/c1-3-16(2,19-7-5-4-6-8-19)14(20)11-13-12-18-9-10-21-15(18)17-13/h9-10,12H,3-8,11H2,1-2H3. The van der Waals surface area contributed by atoms with Gasteiger partial charge in [-0.1, -0.05) is 13.3 Å². The summed E-state index contributed by atoms with van der Waals surface area (Å²) in [7, 11) is 0. The zero-order chi connectivity index (χ0) is 14.9. The van der Waals surface area contributed by atoms with Gasteiger partial charge in [0, 0.05) is 17.8 Å². The molecule has 4 nitrogen and oxygen atoms in total. The number of imidazole rings is 1. The summed E-state index contributed by atoms with van der Waals surface area (Å²) in [5, 5.41) is 2.01. The molecule has 1 unspecified atom stereocenters. The van der Waals surface area contributed by atoms with Crippen LogP contribution in [0.3, 0.4) is 0 Å². The molecule has 1 fully saturated rings. The van der Waals surface area contributed by atoms with Gasteiger partial charge < -0.3 is 0 Å². The summed E-state index contributed by atoms with van der Waals surface area (Å²) >= 11 is 1.61. The number of fused-ring (bicyclic) bond motifs is 1. The Hall–Kier alpha value is -1.20. The molecule has 1 saturated heterocycles. The number of hydrogen-bond donors (Lipinski definition) is 0. The van der Waals surface area contributed by atoms with E-state index in [1.807, 2.05) is 22.2 Å². The van der Waals surface area contributed by atoms with E-state index >= 15 is 0 Å². The quantitative estimate of drug-likeness (QED) is 0.851. The molecule has 3 rings (SSSR count). The predicted octanol–water partition coefficient (Wildman–Crippen LogP) is 3.16. The third-order valence-electron chi connectivity index (χ3n) is 4.83. The molecular formula is C16H23N3OS. The van der Waals surface area contributed by atoms with Crippen LogP contribution in [0, 0.1) is 0 Å². The SMILES string of the molecule is CCC(C)(C(=O)Cc1cn2ccsc2n1)N1CCCCC1. The van der Waals surface area contributed by atoms with Gasteiger partial charge in [0.25, 0.3) is 0 Å². The highest BCUT2D eigenvalue weighted by molar-refractivity contribution is 7.15. The number of thiazole rings is 1. The minimum atomic E-state index is -0.336. The molecule has 21 heavy (non-hydrogen) atoms. The fourth-order valence-electron chi connectivity index (χ4n) is 3.20. The van der Waals surface area contributed by atoms with E-state index in [9.17, 15) is 4.79 Å². The molecule has 0 spiro atoms. The largest absolute Gasteiger partial charge is 0.297 e. The first kappa shape index (κ1) is 14.7. The zero-order valence-electron chi connectivity index (χ0n) is 12.8. The van der Waals surface area contributed by atoms with Crippen LogP contribution in [0.5, 0.6) is 0 Å². The van der Waals surface area contributed by atoms with E-state index in [4.69, 9.17) is 0 Å². The molecule has 0 bridgehead atoms. The zero-order valence-corrected chi connectivity index (χ0v) is 13.7. The van der Waals surface area contributed by atoms with E-state index in [0.717, 1.165) is 30.2 Å².